The summed E-state index contributed by atoms with van der Waals surface area (Å²) in [6, 6.07) is -11.6. The number of amides is 10. The van der Waals surface area contributed by atoms with E-state index in [-0.39, 0.29) is 112 Å². The molecule has 9 unspecified atom stereocenters. The number of aliphatic hydroxyl groups is 5. The zero-order chi connectivity index (χ0) is 107. The van der Waals surface area contributed by atoms with Gasteiger partial charge in [0.25, 0.3) is 0 Å². The molecule has 142 heavy (non-hydrogen) atoms. The fourth-order valence-electron chi connectivity index (χ4n) is 25.9. The minimum Gasteiger partial charge on any atom is -0.390 e. The minimum atomic E-state index is -2.23. The number of hydrogen-bond donors (Lipinski definition) is 8. The molecule has 1 aliphatic heterocycles. The molecule has 9 rings (SSSR count). The smallest absolute Gasteiger partial charge is 0.246 e. The molecule has 1 saturated heterocycles. The molecule has 28 atom stereocenters. The molecule has 8 aliphatic carbocycles. The third-order valence-electron chi connectivity index (χ3n) is 34.3. The molecule has 798 valence electrons. The van der Waals surface area contributed by atoms with Crippen molar-refractivity contribution in [2.45, 2.75) is 351 Å². The van der Waals surface area contributed by atoms with Gasteiger partial charge in [0, 0.05) is 95.2 Å². The van der Waals surface area contributed by atoms with E-state index >= 15 is 28.0 Å². The summed E-state index contributed by atoms with van der Waals surface area (Å²) in [6.07, 6.45) is 10.2. The van der Waals surface area contributed by atoms with Gasteiger partial charge in [0.2, 0.25) is 59.1 Å². The largest absolute Gasteiger partial charge is 0.390 e. The molecular formula is C108H170F2N10O22. The molecular weight excluding hydrogens is 1830 g/mol. The number of rotatable bonds is 23. The van der Waals surface area contributed by atoms with Gasteiger partial charge in [-0.2, -0.15) is 0 Å². The van der Waals surface area contributed by atoms with Crippen LogP contribution in [0.4, 0.5) is 8.78 Å². The number of halogens is 2. The second-order valence-electron chi connectivity index (χ2n) is 46.4. The molecule has 0 aromatic carbocycles. The molecule has 0 radical (unpaired) electrons. The molecule has 0 spiro atoms. The van der Waals surface area contributed by atoms with Gasteiger partial charge in [-0.15, -0.1) is 0 Å². The van der Waals surface area contributed by atoms with Crippen LogP contribution in [0.3, 0.4) is 0 Å². The van der Waals surface area contributed by atoms with E-state index in [2.05, 4.69) is 16.0 Å². The standard InChI is InChI=1S/C86H141FN10O17.C22H29FO5/c1-28-30-31-53(15)73(114-46-113-45-68(101)86(112)55(17)41-60-59-33-32-57-42-58(98)34-35-83(57,19)85(59,87)67(100)43-84(60,86)20)72-76(105)89-61(29-2)78(107)91(21)44-69(102)92(22)63(37-48(5)6)75(104)90-70(51(11)12)81(110)93(23)62(36-47(3)4)66(99)40-54(16)74(103)88-56(18)77(106)94(24)64(38-49(7)8)79(108)95(25)65(39-50(9)10)80(109)96(26)71(52(13)14)82(111)97(72)27;1-12-8-16-15-5-4-13-9-14(25)6-7-19(13,2)21(15,23)17(26)10-20(16,3)22(12,28)18(27)11-24/h28,30,34-35,42,47-56,59-65,67,70-73,100,112H,29,31-33,36-41,43-46H2,1-27H3,(H,88,103)(H,89,105)(H,90,104);6-7,9,12,15-17,24,26,28H,4-5,8,10-11H2,1-3H3/b30-28+;/t53-,54?,55+,56?,59+,60+,61?,62?,63+,64?,65?,67+,70?,71?,72?,73-,83+,84+,85+,86+;12-,15-,16-,17-,19-,20-,21-,22-/m10/s1. The Morgan fingerprint density at radius 2 is 0.958 bits per heavy atom. The Hall–Kier alpha value is -8.67. The summed E-state index contributed by atoms with van der Waals surface area (Å²) in [5.74, 6) is -16.5. The maximum atomic E-state index is 18.2. The molecule has 0 aromatic rings. The van der Waals surface area contributed by atoms with Crippen molar-refractivity contribution < 1.29 is 116 Å². The quantitative estimate of drug-likeness (QED) is 0.0268. The van der Waals surface area contributed by atoms with Crippen molar-refractivity contribution in [3.8, 4) is 0 Å². The second kappa shape index (κ2) is 46.6. The maximum Gasteiger partial charge on any atom is 0.246 e. The monoisotopic (exact) mass is 2000 g/mol. The van der Waals surface area contributed by atoms with Crippen LogP contribution in [-0.4, -0.2) is 319 Å². The van der Waals surface area contributed by atoms with Crippen LogP contribution in [0.1, 0.15) is 256 Å². The Morgan fingerprint density at radius 3 is 1.40 bits per heavy atom. The van der Waals surface area contributed by atoms with Crippen LogP contribution in [0.5, 0.6) is 0 Å². The van der Waals surface area contributed by atoms with Crippen molar-refractivity contribution in [1.82, 2.24) is 50.2 Å². The van der Waals surface area contributed by atoms with Crippen molar-refractivity contribution in [3.63, 3.8) is 0 Å². The van der Waals surface area contributed by atoms with E-state index in [1.807, 2.05) is 61.5 Å². The van der Waals surface area contributed by atoms with Gasteiger partial charge in [-0.25, -0.2) is 8.78 Å². The van der Waals surface area contributed by atoms with Gasteiger partial charge >= 0.3 is 0 Å². The zero-order valence-electron chi connectivity index (χ0n) is 90.1. The molecule has 9 aliphatic rings. The number of ketones is 5. The molecule has 8 N–H and O–H groups in total. The fraction of sp³-hybridized carbons (Fsp3) is 0.769. The number of Topliss-reactive ketones (excluding diaryl/α,β-unsaturated/α-hetero) is 3. The molecule has 0 bridgehead atoms. The summed E-state index contributed by atoms with van der Waals surface area (Å²) in [4.78, 5) is 226. The van der Waals surface area contributed by atoms with Crippen LogP contribution in [0, 0.1) is 105 Å². The molecule has 6 saturated carbocycles. The second-order valence-corrected chi connectivity index (χ2v) is 46.4. The lowest BCUT2D eigenvalue weighted by Gasteiger charge is -2.62. The first-order valence-electron chi connectivity index (χ1n) is 51.6. The van der Waals surface area contributed by atoms with Gasteiger partial charge in [0.15, 0.2) is 40.3 Å². The lowest BCUT2D eigenvalue weighted by molar-refractivity contribution is -0.221. The van der Waals surface area contributed by atoms with E-state index in [0.29, 0.717) is 36.8 Å². The van der Waals surface area contributed by atoms with E-state index < -0.39 is 273 Å². The average molecular weight is 2000 g/mol. The number of alkyl halides is 2. The van der Waals surface area contributed by atoms with E-state index in [9.17, 15) is 78.3 Å². The van der Waals surface area contributed by atoms with Crippen molar-refractivity contribution in [2.75, 3.05) is 75.9 Å². The van der Waals surface area contributed by atoms with Crippen LogP contribution in [0.15, 0.2) is 59.8 Å². The lowest BCUT2D eigenvalue weighted by atomic mass is 9.44. The average Bonchev–Trinajstić information content (AvgIpc) is 1.43. The SMILES string of the molecule is C/C=C/C[C@@H](C)[C@@H](OCOCC(=O)[C@@]1(O)[C@@H](C)C[C@H]2[C@@H]3CCC4=CC(=O)C=C[C@]4(C)[C@@]3(F)[C@@H](O)C[C@@]21C)C1C(=O)NC(CC)C(=O)N(C)CC(=O)N(C)[C@@H](CC(C)C)C(=O)NC(C(C)C)C(=O)N(C)C(CC(C)C)C(=O)CC(C)C(=O)NC(C)C(=O)N(C)C(CC(C)C)C(=O)N(C)C(CC(C)C)C(=O)N(C)C(C(C)C)C(=O)N1C.C[C@H]1C[C@H]2[C@@H]3CCC4=CC(=O)C=C[C@]4(C)[C@@]3(F)[C@@H](O)C[C@]2(C)[C@@]1(O)C(=O)CO. The number of allylic oxidation sites excluding steroid dienone is 10. The summed E-state index contributed by atoms with van der Waals surface area (Å²) in [5, 5.41) is 65.6. The highest BCUT2D eigenvalue weighted by Gasteiger charge is 2.78. The topological polar surface area (TPSA) is 434 Å². The van der Waals surface area contributed by atoms with E-state index in [1.54, 1.807) is 102 Å². The number of carbonyl (C=O) groups excluding carboxylic acids is 15. The highest BCUT2D eigenvalue weighted by Crippen LogP contribution is 2.73. The fourth-order valence-corrected chi connectivity index (χ4v) is 25.9. The van der Waals surface area contributed by atoms with Crippen molar-refractivity contribution >= 4 is 88.0 Å². The Kier molecular flexibility index (Phi) is 38.9. The summed E-state index contributed by atoms with van der Waals surface area (Å²) in [6.45, 7) is 37.4. The number of nitrogens with zero attached hydrogens (tertiary/aromatic N) is 7. The summed E-state index contributed by atoms with van der Waals surface area (Å²) in [5.41, 5.74) is -11.7. The highest BCUT2D eigenvalue weighted by molar-refractivity contribution is 6.03. The number of ether oxygens (including phenoxy) is 2. The molecule has 1 heterocycles. The van der Waals surface area contributed by atoms with Crippen LogP contribution in [0.2, 0.25) is 0 Å². The van der Waals surface area contributed by atoms with Crippen LogP contribution < -0.4 is 16.0 Å². The number of aliphatic hydroxyl groups excluding tert-OH is 3. The normalized spacial score (nSPS) is 37.1. The Balaban J connectivity index is 0.000000743. The first-order valence-corrected chi connectivity index (χ1v) is 51.6. The predicted molar refractivity (Wildman–Crippen MR) is 532 cm³/mol. The first kappa shape index (κ1) is 119. The molecule has 0 aromatic heterocycles. The van der Waals surface area contributed by atoms with Crippen molar-refractivity contribution in [2.24, 2.45) is 105 Å². The van der Waals surface area contributed by atoms with Crippen LogP contribution >= 0.6 is 0 Å². The van der Waals surface area contributed by atoms with Gasteiger partial charge in [-0.3, -0.25) is 71.9 Å². The molecule has 10 amide bonds. The first-order chi connectivity index (χ1) is 65.8. The van der Waals surface area contributed by atoms with Crippen LogP contribution in [-0.2, 0) is 81.4 Å². The third-order valence-corrected chi connectivity index (χ3v) is 34.3. The number of likely N-dealkylation sites (N-methyl/N-ethyl adjacent to an activating group) is 7. The van der Waals surface area contributed by atoms with Gasteiger partial charge in [-0.05, 0) is 207 Å². The number of hydrogen-bond acceptors (Lipinski definition) is 22. The Bertz CT molecular complexity index is 4840. The van der Waals surface area contributed by atoms with E-state index in [1.165, 1.54) is 118 Å². The van der Waals surface area contributed by atoms with Crippen molar-refractivity contribution in [3.05, 3.63) is 59.8 Å². The third kappa shape index (κ3) is 22.6. The Morgan fingerprint density at radius 1 is 0.521 bits per heavy atom. The lowest BCUT2D eigenvalue weighted by Crippen LogP contribution is -2.69. The van der Waals surface area contributed by atoms with Gasteiger partial charge in [0.1, 0.15) is 79.5 Å². The van der Waals surface area contributed by atoms with E-state index in [4.69, 9.17) is 9.47 Å². The van der Waals surface area contributed by atoms with Gasteiger partial charge in [0.05, 0.1) is 30.9 Å². The highest BCUT2D eigenvalue weighted by atomic mass is 19.1. The van der Waals surface area contributed by atoms with Crippen molar-refractivity contribution in [1.29, 1.82) is 0 Å². The molecule has 34 heteroatoms. The molecule has 32 nitrogen and oxygen atoms in total. The Labute approximate surface area is 840 Å². The number of nitrogens with one attached hydrogen (secondary N) is 3. The molecule has 7 fully saturated rings. The summed E-state index contributed by atoms with van der Waals surface area (Å²) >= 11 is 0. The minimum absolute atomic E-state index is 0.0676. The zero-order valence-corrected chi connectivity index (χ0v) is 90.1. The maximum absolute atomic E-state index is 18.2. The van der Waals surface area contributed by atoms with Gasteiger partial charge < -0.3 is 85.3 Å². The predicted octanol–water partition coefficient (Wildman–Crippen LogP) is 9.17. The number of fused-ring (bicyclic) bond motifs is 10. The summed E-state index contributed by atoms with van der Waals surface area (Å²) < 4.78 is 47.8. The number of carbonyl (C=O) groups is 15. The van der Waals surface area contributed by atoms with Gasteiger partial charge in [-0.1, -0.05) is 167 Å². The van der Waals surface area contributed by atoms with E-state index in [0.717, 1.165) is 9.80 Å². The summed E-state index contributed by atoms with van der Waals surface area (Å²) in [7, 11) is 9.89. The van der Waals surface area contributed by atoms with Crippen LogP contribution in [0.25, 0.3) is 0 Å².